The van der Waals surface area contributed by atoms with E-state index in [4.69, 9.17) is 9.57 Å². The SMILES string of the molecule is O=CCC1OC1C1CCCONC1. The molecule has 0 spiro atoms. The van der Waals surface area contributed by atoms with Gasteiger partial charge in [-0.1, -0.05) is 0 Å². The molecule has 0 aromatic carbocycles. The van der Waals surface area contributed by atoms with Crippen LogP contribution in [0.2, 0.25) is 0 Å². The van der Waals surface area contributed by atoms with Crippen molar-refractivity contribution in [3.8, 4) is 0 Å². The summed E-state index contributed by atoms with van der Waals surface area (Å²) in [5.74, 6) is 0.521. The van der Waals surface area contributed by atoms with Crippen molar-refractivity contribution >= 4 is 6.29 Å². The van der Waals surface area contributed by atoms with Crippen molar-refractivity contribution in [3.63, 3.8) is 0 Å². The number of hydrogen-bond donors (Lipinski definition) is 1. The monoisotopic (exact) mass is 185 g/mol. The Morgan fingerprint density at radius 3 is 3.31 bits per heavy atom. The van der Waals surface area contributed by atoms with Crippen molar-refractivity contribution in [2.45, 2.75) is 31.5 Å². The van der Waals surface area contributed by atoms with Gasteiger partial charge in [0.2, 0.25) is 0 Å². The molecular formula is C9H15NO3. The van der Waals surface area contributed by atoms with E-state index >= 15 is 0 Å². The standard InChI is InChI=1S/C9H15NO3/c11-4-3-8-9(13-8)7-2-1-5-12-10-6-7/h4,7-10H,1-3,5-6H2. The zero-order valence-corrected chi connectivity index (χ0v) is 7.57. The summed E-state index contributed by atoms with van der Waals surface area (Å²) in [5.41, 5.74) is 2.91. The topological polar surface area (TPSA) is 50.9 Å². The minimum atomic E-state index is 0.183. The highest BCUT2D eigenvalue weighted by Gasteiger charge is 2.44. The van der Waals surface area contributed by atoms with Crippen LogP contribution < -0.4 is 5.48 Å². The molecule has 0 saturated carbocycles. The Morgan fingerprint density at radius 1 is 1.54 bits per heavy atom. The highest BCUT2D eigenvalue weighted by Crippen LogP contribution is 2.34. The van der Waals surface area contributed by atoms with E-state index in [1.807, 2.05) is 0 Å². The molecule has 13 heavy (non-hydrogen) atoms. The van der Waals surface area contributed by atoms with Gasteiger partial charge in [-0.2, -0.15) is 0 Å². The van der Waals surface area contributed by atoms with Gasteiger partial charge in [-0.25, -0.2) is 5.48 Å². The molecule has 0 aromatic heterocycles. The Hall–Kier alpha value is -0.450. The summed E-state index contributed by atoms with van der Waals surface area (Å²) in [5, 5.41) is 0. The lowest BCUT2D eigenvalue weighted by Crippen LogP contribution is -2.24. The summed E-state index contributed by atoms with van der Waals surface area (Å²) in [7, 11) is 0. The van der Waals surface area contributed by atoms with Crippen LogP contribution in [0.3, 0.4) is 0 Å². The van der Waals surface area contributed by atoms with Crippen molar-refractivity contribution < 1.29 is 14.4 Å². The zero-order valence-electron chi connectivity index (χ0n) is 7.57. The zero-order chi connectivity index (χ0) is 9.10. The van der Waals surface area contributed by atoms with Gasteiger partial charge in [0.05, 0.1) is 18.8 Å². The van der Waals surface area contributed by atoms with E-state index in [1.54, 1.807) is 0 Å². The molecule has 2 aliphatic rings. The molecule has 2 saturated heterocycles. The van der Waals surface area contributed by atoms with Gasteiger partial charge in [0.25, 0.3) is 0 Å². The van der Waals surface area contributed by atoms with Gasteiger partial charge >= 0.3 is 0 Å². The van der Waals surface area contributed by atoms with Gasteiger partial charge in [0.1, 0.15) is 6.29 Å². The molecule has 74 valence electrons. The van der Waals surface area contributed by atoms with Crippen LogP contribution in [0, 0.1) is 5.92 Å². The molecule has 0 amide bonds. The molecular weight excluding hydrogens is 170 g/mol. The molecule has 0 bridgehead atoms. The van der Waals surface area contributed by atoms with Crippen LogP contribution in [0.25, 0.3) is 0 Å². The van der Waals surface area contributed by atoms with Crippen molar-refractivity contribution in [1.29, 1.82) is 0 Å². The Morgan fingerprint density at radius 2 is 2.46 bits per heavy atom. The number of hydrogen-bond acceptors (Lipinski definition) is 4. The highest BCUT2D eigenvalue weighted by atomic mass is 16.6. The van der Waals surface area contributed by atoms with Crippen molar-refractivity contribution in [2.24, 2.45) is 5.92 Å². The molecule has 2 heterocycles. The second-order valence-electron chi connectivity index (χ2n) is 3.64. The summed E-state index contributed by atoms with van der Waals surface area (Å²) in [6.45, 7) is 1.63. The number of aldehydes is 1. The summed E-state index contributed by atoms with van der Waals surface area (Å²) in [6, 6.07) is 0. The number of rotatable bonds is 3. The lowest BCUT2D eigenvalue weighted by Gasteiger charge is -2.08. The van der Waals surface area contributed by atoms with Crippen LogP contribution >= 0.6 is 0 Å². The molecule has 1 N–H and O–H groups in total. The maximum atomic E-state index is 10.2. The predicted octanol–water partition coefficient (Wildman–Crippen LogP) is 0.274. The first kappa shape index (κ1) is 9.12. The van der Waals surface area contributed by atoms with Gasteiger partial charge in [-0.15, -0.1) is 0 Å². The largest absolute Gasteiger partial charge is 0.369 e. The van der Waals surface area contributed by atoms with E-state index in [1.165, 1.54) is 0 Å². The molecule has 3 unspecified atom stereocenters. The molecule has 2 rings (SSSR count). The molecule has 0 radical (unpaired) electrons. The summed E-state index contributed by atoms with van der Waals surface area (Å²) in [4.78, 5) is 15.4. The van der Waals surface area contributed by atoms with Gasteiger partial charge in [0, 0.05) is 18.9 Å². The highest BCUT2D eigenvalue weighted by molar-refractivity contribution is 5.51. The first-order valence-corrected chi connectivity index (χ1v) is 4.85. The fraction of sp³-hybridized carbons (Fsp3) is 0.889. The number of hydroxylamine groups is 1. The van der Waals surface area contributed by atoms with Crippen molar-refractivity contribution in [2.75, 3.05) is 13.2 Å². The third-order valence-electron chi connectivity index (χ3n) is 2.68. The van der Waals surface area contributed by atoms with E-state index in [0.717, 1.165) is 32.3 Å². The third-order valence-corrected chi connectivity index (χ3v) is 2.68. The van der Waals surface area contributed by atoms with Gasteiger partial charge in [-0.3, -0.25) is 0 Å². The first-order chi connectivity index (χ1) is 6.42. The van der Waals surface area contributed by atoms with Crippen LogP contribution in [-0.2, 0) is 14.4 Å². The molecule has 4 heteroatoms. The summed E-state index contributed by atoms with van der Waals surface area (Å²) in [6.07, 6.45) is 4.16. The molecule has 2 fully saturated rings. The van der Waals surface area contributed by atoms with E-state index in [9.17, 15) is 4.79 Å². The number of epoxide rings is 1. The molecule has 4 nitrogen and oxygen atoms in total. The maximum absolute atomic E-state index is 10.2. The van der Waals surface area contributed by atoms with Crippen LogP contribution in [0.15, 0.2) is 0 Å². The number of nitrogens with one attached hydrogen (secondary N) is 1. The van der Waals surface area contributed by atoms with Gasteiger partial charge in [-0.05, 0) is 12.8 Å². The number of ether oxygens (including phenoxy) is 1. The smallest absolute Gasteiger partial charge is 0.122 e. The Balaban J connectivity index is 1.77. The fourth-order valence-corrected chi connectivity index (χ4v) is 1.89. The molecule has 2 aliphatic heterocycles. The van der Waals surface area contributed by atoms with Crippen LogP contribution in [0.1, 0.15) is 19.3 Å². The maximum Gasteiger partial charge on any atom is 0.122 e. The summed E-state index contributed by atoms with van der Waals surface area (Å²) >= 11 is 0. The van der Waals surface area contributed by atoms with Gasteiger partial charge in [0.15, 0.2) is 0 Å². The lowest BCUT2D eigenvalue weighted by atomic mass is 9.97. The molecule has 3 atom stereocenters. The number of carbonyl (C=O) groups is 1. The van der Waals surface area contributed by atoms with E-state index in [2.05, 4.69) is 5.48 Å². The number of carbonyl (C=O) groups excluding carboxylic acids is 1. The first-order valence-electron chi connectivity index (χ1n) is 4.85. The van der Waals surface area contributed by atoms with Gasteiger partial charge < -0.3 is 14.4 Å². The van der Waals surface area contributed by atoms with Crippen molar-refractivity contribution in [3.05, 3.63) is 0 Å². The average molecular weight is 185 g/mol. The Labute approximate surface area is 77.5 Å². The molecule has 0 aromatic rings. The van der Waals surface area contributed by atoms with Crippen LogP contribution in [-0.4, -0.2) is 31.6 Å². The second kappa shape index (κ2) is 4.17. The van der Waals surface area contributed by atoms with Crippen LogP contribution in [0.4, 0.5) is 0 Å². The lowest BCUT2D eigenvalue weighted by molar-refractivity contribution is -0.108. The molecule has 0 aliphatic carbocycles. The average Bonchev–Trinajstić information content (AvgIpc) is 2.86. The Bertz CT molecular complexity index is 178. The van der Waals surface area contributed by atoms with E-state index in [-0.39, 0.29) is 6.10 Å². The van der Waals surface area contributed by atoms with E-state index < -0.39 is 0 Å². The second-order valence-corrected chi connectivity index (χ2v) is 3.64. The summed E-state index contributed by atoms with van der Waals surface area (Å²) < 4.78 is 5.43. The Kier molecular flexibility index (Phi) is 2.93. The predicted molar refractivity (Wildman–Crippen MR) is 46.0 cm³/mol. The minimum Gasteiger partial charge on any atom is -0.369 e. The quantitative estimate of drug-likeness (QED) is 0.506. The van der Waals surface area contributed by atoms with Crippen LogP contribution in [0.5, 0.6) is 0 Å². The minimum absolute atomic E-state index is 0.183. The van der Waals surface area contributed by atoms with E-state index in [0.29, 0.717) is 18.4 Å². The van der Waals surface area contributed by atoms with Crippen molar-refractivity contribution in [1.82, 2.24) is 5.48 Å². The fourth-order valence-electron chi connectivity index (χ4n) is 1.89. The normalized spacial score (nSPS) is 39.5. The third kappa shape index (κ3) is 2.27.